The molecule has 0 radical (unpaired) electrons. The highest BCUT2D eigenvalue weighted by atomic mass is 32.2. The van der Waals surface area contributed by atoms with E-state index >= 15 is 4.39 Å². The Morgan fingerprint density at radius 1 is 0.825 bits per heavy atom. The second kappa shape index (κ2) is 10.8. The fraction of sp³-hybridized carbons (Fsp3) is 0.424. The van der Waals surface area contributed by atoms with Crippen molar-refractivity contribution < 1.29 is 8.60 Å². The molecule has 5 nitrogen and oxygen atoms in total. The van der Waals surface area contributed by atoms with E-state index in [9.17, 15) is 4.21 Å². The van der Waals surface area contributed by atoms with Crippen molar-refractivity contribution >= 4 is 21.8 Å². The molecule has 7 heteroatoms. The van der Waals surface area contributed by atoms with Gasteiger partial charge in [-0.15, -0.1) is 0 Å². The molecule has 1 unspecified atom stereocenters. The topological polar surface area (TPSA) is 41.4 Å². The van der Waals surface area contributed by atoms with Crippen LogP contribution < -0.4 is 0 Å². The number of hydrogen-bond acceptors (Lipinski definition) is 4. The van der Waals surface area contributed by atoms with Gasteiger partial charge in [-0.2, -0.15) is 0 Å². The summed E-state index contributed by atoms with van der Waals surface area (Å²) in [5.41, 5.74) is 5.41. The third kappa shape index (κ3) is 5.15. The monoisotopic (exact) mass is 556 g/mol. The molecule has 1 saturated carbocycles. The maximum absolute atomic E-state index is 15.5. The molecule has 3 aromatic carbocycles. The zero-order valence-electron chi connectivity index (χ0n) is 23.2. The fourth-order valence-corrected chi connectivity index (χ4v) is 7.15. The highest BCUT2D eigenvalue weighted by Gasteiger charge is 2.30. The van der Waals surface area contributed by atoms with E-state index in [2.05, 4.69) is 44.7 Å². The Balaban J connectivity index is 1.11. The Bertz CT molecular complexity index is 1530. The summed E-state index contributed by atoms with van der Waals surface area (Å²) >= 11 is 0. The Morgan fingerprint density at radius 2 is 1.50 bits per heavy atom. The van der Waals surface area contributed by atoms with Gasteiger partial charge >= 0.3 is 0 Å². The second-order valence-electron chi connectivity index (χ2n) is 11.8. The van der Waals surface area contributed by atoms with Crippen LogP contribution in [0.25, 0.3) is 33.5 Å². The molecule has 0 N–H and O–H groups in total. The quantitative estimate of drug-likeness (QED) is 0.256. The Kier molecular flexibility index (Phi) is 7.06. The molecule has 7 rings (SSSR count). The van der Waals surface area contributed by atoms with Crippen LogP contribution in [0.2, 0.25) is 0 Å². The van der Waals surface area contributed by atoms with Gasteiger partial charge in [0.2, 0.25) is 0 Å². The van der Waals surface area contributed by atoms with Crippen molar-refractivity contribution in [1.82, 2.24) is 19.4 Å². The molecular formula is C33H37FN4OS. The summed E-state index contributed by atoms with van der Waals surface area (Å²) in [7, 11) is -1.04. The lowest BCUT2D eigenvalue weighted by molar-refractivity contribution is 0.122. The zero-order chi connectivity index (χ0) is 27.2. The van der Waals surface area contributed by atoms with E-state index in [-0.39, 0.29) is 5.82 Å². The summed E-state index contributed by atoms with van der Waals surface area (Å²) in [6.45, 7) is 5.88. The average molecular weight is 557 g/mol. The number of nitrogens with zero attached hydrogens (tertiary/aromatic N) is 4. The van der Waals surface area contributed by atoms with Gasteiger partial charge in [0, 0.05) is 46.1 Å². The van der Waals surface area contributed by atoms with E-state index in [4.69, 9.17) is 4.98 Å². The van der Waals surface area contributed by atoms with E-state index in [1.54, 1.807) is 12.3 Å². The second-order valence-corrected chi connectivity index (χ2v) is 13.2. The zero-order valence-corrected chi connectivity index (χ0v) is 24.0. The molecule has 1 aliphatic carbocycles. The number of fused-ring (bicyclic) bond motifs is 1. The lowest BCUT2D eigenvalue weighted by Gasteiger charge is -2.36. The summed E-state index contributed by atoms with van der Waals surface area (Å²) in [6.07, 6.45) is 9.11. The first-order chi connectivity index (χ1) is 19.5. The molecule has 0 bridgehead atoms. The highest BCUT2D eigenvalue weighted by Crippen LogP contribution is 2.42. The van der Waals surface area contributed by atoms with Crippen molar-refractivity contribution in [3.63, 3.8) is 0 Å². The normalized spacial score (nSPS) is 19.9. The van der Waals surface area contributed by atoms with Gasteiger partial charge in [-0.1, -0.05) is 36.4 Å². The Morgan fingerprint density at radius 3 is 2.15 bits per heavy atom. The van der Waals surface area contributed by atoms with Crippen molar-refractivity contribution in [3.8, 4) is 22.5 Å². The first-order valence-corrected chi connectivity index (χ1v) is 16.3. The van der Waals surface area contributed by atoms with Crippen molar-refractivity contribution in [2.75, 3.05) is 32.4 Å². The van der Waals surface area contributed by atoms with E-state index in [0.29, 0.717) is 11.6 Å². The number of halogens is 1. The van der Waals surface area contributed by atoms with E-state index in [1.807, 2.05) is 24.3 Å². The molecule has 2 aliphatic heterocycles. The molecule has 3 fully saturated rings. The average Bonchev–Trinajstić information content (AvgIpc) is 3.50. The van der Waals surface area contributed by atoms with Gasteiger partial charge in [0.15, 0.2) is 5.82 Å². The molecular weight excluding hydrogens is 519 g/mol. The summed E-state index contributed by atoms with van der Waals surface area (Å²) in [5.74, 6) is 0.496. The van der Waals surface area contributed by atoms with Crippen molar-refractivity contribution in [2.45, 2.75) is 62.0 Å². The van der Waals surface area contributed by atoms with Crippen LogP contribution in [0, 0.1) is 5.82 Å². The number of imidazole rings is 1. The minimum atomic E-state index is -1.04. The SMILES string of the molecule is CS(=O)c1ccc(-c2nc3c(F)cc(-c4ccc(CN5CCC(N6CCCC6)CC5)cc4)cc3n2C2CC2)cc1. The number of aromatic nitrogens is 2. The maximum Gasteiger partial charge on any atom is 0.151 e. The third-order valence-electron chi connectivity index (χ3n) is 9.01. The van der Waals surface area contributed by atoms with Crippen LogP contribution in [0.4, 0.5) is 4.39 Å². The van der Waals surface area contributed by atoms with Crippen LogP contribution in [-0.2, 0) is 17.3 Å². The van der Waals surface area contributed by atoms with E-state index in [1.165, 1.54) is 44.3 Å². The molecule has 4 aromatic rings. The molecule has 3 heterocycles. The van der Waals surface area contributed by atoms with Gasteiger partial charge < -0.3 is 9.47 Å². The molecule has 208 valence electrons. The number of rotatable bonds is 7. The Labute approximate surface area is 238 Å². The largest absolute Gasteiger partial charge is 0.321 e. The van der Waals surface area contributed by atoms with Crippen molar-refractivity contribution in [2.24, 2.45) is 0 Å². The maximum atomic E-state index is 15.5. The first-order valence-electron chi connectivity index (χ1n) is 14.7. The van der Waals surface area contributed by atoms with Gasteiger partial charge in [0.25, 0.3) is 0 Å². The number of benzene rings is 3. The molecule has 0 spiro atoms. The van der Waals surface area contributed by atoms with Gasteiger partial charge in [-0.05, 0) is 106 Å². The van der Waals surface area contributed by atoms with Gasteiger partial charge in [-0.3, -0.25) is 9.11 Å². The van der Waals surface area contributed by atoms with Crippen LogP contribution in [0.15, 0.2) is 65.6 Å². The van der Waals surface area contributed by atoms with Gasteiger partial charge in [-0.25, -0.2) is 9.37 Å². The molecule has 1 atom stereocenters. The minimum absolute atomic E-state index is 0.288. The Hall–Kier alpha value is -2.87. The first kappa shape index (κ1) is 26.1. The lowest BCUT2D eigenvalue weighted by atomic mass is 10.0. The summed E-state index contributed by atoms with van der Waals surface area (Å²) in [6, 6.07) is 21.2. The molecule has 3 aliphatic rings. The third-order valence-corrected chi connectivity index (χ3v) is 9.95. The van der Waals surface area contributed by atoms with Crippen LogP contribution >= 0.6 is 0 Å². The highest BCUT2D eigenvalue weighted by molar-refractivity contribution is 7.84. The molecule has 2 saturated heterocycles. The fourth-order valence-electron chi connectivity index (χ4n) is 6.63. The minimum Gasteiger partial charge on any atom is -0.321 e. The van der Waals surface area contributed by atoms with Crippen molar-refractivity contribution in [1.29, 1.82) is 0 Å². The standard InChI is InChI=1S/C33H37FN4OS/c1-40(39)29-12-8-25(9-13-29)33-35-32-30(34)20-26(21-31(32)38(33)28-10-11-28)24-6-4-23(5-7-24)22-36-18-14-27(15-19-36)37-16-2-3-17-37/h4-9,12-13,20-21,27-28H,2-3,10-11,14-19,22H2,1H3. The number of hydrogen-bond donors (Lipinski definition) is 0. The summed E-state index contributed by atoms with van der Waals surface area (Å²) in [4.78, 5) is 10.8. The van der Waals surface area contributed by atoms with E-state index in [0.717, 1.165) is 71.4 Å². The molecule has 0 amide bonds. The summed E-state index contributed by atoms with van der Waals surface area (Å²) in [5, 5.41) is 0. The smallest absolute Gasteiger partial charge is 0.151 e. The van der Waals surface area contributed by atoms with Crippen LogP contribution in [0.1, 0.15) is 50.1 Å². The summed E-state index contributed by atoms with van der Waals surface area (Å²) < 4.78 is 29.6. The van der Waals surface area contributed by atoms with E-state index < -0.39 is 10.8 Å². The van der Waals surface area contributed by atoms with Gasteiger partial charge in [0.05, 0.1) is 5.52 Å². The number of likely N-dealkylation sites (tertiary alicyclic amines) is 2. The van der Waals surface area contributed by atoms with Crippen molar-refractivity contribution in [3.05, 3.63) is 72.0 Å². The van der Waals surface area contributed by atoms with Crippen LogP contribution in [0.5, 0.6) is 0 Å². The number of piperidine rings is 1. The predicted octanol–water partition coefficient (Wildman–Crippen LogP) is 6.64. The van der Waals surface area contributed by atoms with Crippen LogP contribution in [0.3, 0.4) is 0 Å². The van der Waals surface area contributed by atoms with Gasteiger partial charge in [0.1, 0.15) is 11.3 Å². The molecule has 40 heavy (non-hydrogen) atoms. The van der Waals surface area contributed by atoms with Crippen LogP contribution in [-0.4, -0.2) is 62.0 Å². The predicted molar refractivity (Wildman–Crippen MR) is 160 cm³/mol. The lowest BCUT2D eigenvalue weighted by Crippen LogP contribution is -2.43. The molecule has 1 aromatic heterocycles.